The van der Waals surface area contributed by atoms with Gasteiger partial charge in [0.05, 0.1) is 7.11 Å². The third-order valence-electron chi connectivity index (χ3n) is 3.14. The summed E-state index contributed by atoms with van der Waals surface area (Å²) in [5.41, 5.74) is 0.223. The highest BCUT2D eigenvalue weighted by Gasteiger charge is 2.23. The van der Waals surface area contributed by atoms with Crippen LogP contribution in [0.4, 0.5) is 0 Å². The fraction of sp³-hybridized carbons (Fsp3) is 0.154. The van der Waals surface area contributed by atoms with E-state index in [1.165, 1.54) is 18.8 Å². The summed E-state index contributed by atoms with van der Waals surface area (Å²) in [5, 5.41) is 12.8. The predicted octanol–water partition coefficient (Wildman–Crippen LogP) is 0.447. The maximum absolute atomic E-state index is 12.6. The van der Waals surface area contributed by atoms with Gasteiger partial charge in [-0.15, -0.1) is 5.10 Å². The third kappa shape index (κ3) is 2.48. The molecule has 2 aromatic heterocycles. The molecule has 0 atom stereocenters. The highest BCUT2D eigenvalue weighted by Crippen LogP contribution is 2.23. The van der Waals surface area contributed by atoms with Crippen LogP contribution in [0.2, 0.25) is 0 Å². The standard InChI is InChI=1S/C13H12N6O3S/c1-14-12(20)9-11(23-18-16-9)10-13(21)19(17-15-10)7-5-3-4-6-8(7)22-2/h3-6,17H,1-2H3,(H,14,20). The van der Waals surface area contributed by atoms with E-state index in [0.717, 1.165) is 11.5 Å². The molecule has 0 fully saturated rings. The van der Waals surface area contributed by atoms with Gasteiger partial charge in [0.15, 0.2) is 11.4 Å². The molecule has 1 aromatic carbocycles. The Labute approximate surface area is 134 Å². The molecule has 0 aliphatic rings. The lowest BCUT2D eigenvalue weighted by Crippen LogP contribution is -2.20. The first kappa shape index (κ1) is 14.9. The Balaban J connectivity index is 2.13. The molecule has 2 N–H and O–H groups in total. The second kappa shape index (κ2) is 6.01. The molecule has 0 radical (unpaired) electrons. The minimum absolute atomic E-state index is 0.0632. The summed E-state index contributed by atoms with van der Waals surface area (Å²) in [6.45, 7) is 0. The van der Waals surface area contributed by atoms with Crippen molar-refractivity contribution in [3.8, 4) is 22.0 Å². The van der Waals surface area contributed by atoms with E-state index in [1.54, 1.807) is 24.3 Å². The van der Waals surface area contributed by atoms with Gasteiger partial charge in [0, 0.05) is 7.05 Å². The van der Waals surface area contributed by atoms with Crippen LogP contribution >= 0.6 is 11.5 Å². The number of aromatic amines is 1. The molecule has 0 saturated heterocycles. The number of nitrogens with one attached hydrogen (secondary N) is 2. The Morgan fingerprint density at radius 1 is 1.39 bits per heavy atom. The molecule has 0 saturated carbocycles. The lowest BCUT2D eigenvalue weighted by molar-refractivity contribution is 0.0959. The number of aromatic nitrogens is 5. The minimum Gasteiger partial charge on any atom is -0.494 e. The van der Waals surface area contributed by atoms with Crippen molar-refractivity contribution in [2.75, 3.05) is 14.2 Å². The molecule has 0 spiro atoms. The van der Waals surface area contributed by atoms with Gasteiger partial charge < -0.3 is 10.1 Å². The molecule has 1 amide bonds. The van der Waals surface area contributed by atoms with E-state index in [-0.39, 0.29) is 11.4 Å². The van der Waals surface area contributed by atoms with Crippen molar-refractivity contribution >= 4 is 17.4 Å². The second-order valence-corrected chi connectivity index (χ2v) is 5.16. The first-order chi connectivity index (χ1) is 11.2. The lowest BCUT2D eigenvalue weighted by Gasteiger charge is -2.06. The van der Waals surface area contributed by atoms with E-state index in [9.17, 15) is 9.59 Å². The molecule has 3 aromatic rings. The molecule has 0 aliphatic heterocycles. The van der Waals surface area contributed by atoms with Gasteiger partial charge in [-0.25, -0.2) is 5.21 Å². The van der Waals surface area contributed by atoms with Crippen molar-refractivity contribution in [1.82, 2.24) is 29.9 Å². The van der Waals surface area contributed by atoms with Crippen LogP contribution in [0.1, 0.15) is 10.5 Å². The minimum atomic E-state index is -0.431. The van der Waals surface area contributed by atoms with Crippen molar-refractivity contribution in [1.29, 1.82) is 0 Å². The van der Waals surface area contributed by atoms with Gasteiger partial charge in [0.1, 0.15) is 16.3 Å². The van der Waals surface area contributed by atoms with E-state index >= 15 is 0 Å². The molecule has 9 nitrogen and oxygen atoms in total. The number of rotatable bonds is 4. The Morgan fingerprint density at radius 2 is 2.17 bits per heavy atom. The fourth-order valence-electron chi connectivity index (χ4n) is 2.04. The van der Waals surface area contributed by atoms with Crippen LogP contribution < -0.4 is 15.6 Å². The molecule has 0 aliphatic carbocycles. The third-order valence-corrected chi connectivity index (χ3v) is 3.87. The monoisotopic (exact) mass is 332 g/mol. The van der Waals surface area contributed by atoms with Crippen molar-refractivity contribution < 1.29 is 9.53 Å². The number of carbonyl (C=O) groups is 1. The number of carbonyl (C=O) groups excluding carboxylic acids is 1. The van der Waals surface area contributed by atoms with Crippen LogP contribution in [0, 0.1) is 0 Å². The molecule has 0 bridgehead atoms. The largest absolute Gasteiger partial charge is 0.494 e. The maximum Gasteiger partial charge on any atom is 0.300 e. The zero-order chi connectivity index (χ0) is 16.4. The molecule has 3 rings (SSSR count). The van der Waals surface area contributed by atoms with Gasteiger partial charge >= 0.3 is 0 Å². The van der Waals surface area contributed by atoms with Gasteiger partial charge in [-0.3, -0.25) is 9.59 Å². The SMILES string of the molecule is CNC(=O)c1nnsc1-c1n[nH]n(-c2ccccc2OC)c1=O. The average Bonchev–Trinajstić information content (AvgIpc) is 3.20. The Kier molecular flexibility index (Phi) is 3.89. The Morgan fingerprint density at radius 3 is 2.91 bits per heavy atom. The lowest BCUT2D eigenvalue weighted by atomic mass is 10.2. The summed E-state index contributed by atoms with van der Waals surface area (Å²) in [6, 6.07) is 7.01. The van der Waals surface area contributed by atoms with Crippen molar-refractivity contribution in [3.05, 3.63) is 40.3 Å². The quantitative estimate of drug-likeness (QED) is 0.717. The number of benzene rings is 1. The first-order valence-electron chi connectivity index (χ1n) is 6.53. The van der Waals surface area contributed by atoms with E-state index in [2.05, 4.69) is 25.2 Å². The van der Waals surface area contributed by atoms with Crippen LogP contribution in [-0.2, 0) is 0 Å². The molecular formula is C13H12N6O3S. The summed E-state index contributed by atoms with van der Waals surface area (Å²) < 4.78 is 10.2. The van der Waals surface area contributed by atoms with E-state index in [1.807, 2.05) is 0 Å². The van der Waals surface area contributed by atoms with Gasteiger partial charge in [-0.1, -0.05) is 16.6 Å². The summed E-state index contributed by atoms with van der Waals surface area (Å²) in [7, 11) is 2.99. The zero-order valence-electron chi connectivity index (χ0n) is 12.2. The molecular weight excluding hydrogens is 320 g/mol. The van der Waals surface area contributed by atoms with Crippen LogP contribution in [0.5, 0.6) is 5.75 Å². The van der Waals surface area contributed by atoms with Gasteiger partial charge in [0.25, 0.3) is 11.5 Å². The number of ether oxygens (including phenoxy) is 1. The topological polar surface area (TPSA) is 115 Å². The van der Waals surface area contributed by atoms with Gasteiger partial charge in [0.2, 0.25) is 0 Å². The van der Waals surface area contributed by atoms with E-state index in [4.69, 9.17) is 4.74 Å². The molecule has 2 heterocycles. The van der Waals surface area contributed by atoms with Crippen molar-refractivity contribution in [2.24, 2.45) is 0 Å². The molecule has 118 valence electrons. The highest BCUT2D eigenvalue weighted by atomic mass is 32.1. The van der Waals surface area contributed by atoms with E-state index < -0.39 is 11.5 Å². The van der Waals surface area contributed by atoms with Gasteiger partial charge in [-0.05, 0) is 23.7 Å². The summed E-state index contributed by atoms with van der Waals surface area (Å²) in [6.07, 6.45) is 0. The van der Waals surface area contributed by atoms with Crippen LogP contribution in [0.3, 0.4) is 0 Å². The van der Waals surface area contributed by atoms with Crippen LogP contribution in [0.15, 0.2) is 29.1 Å². The smallest absolute Gasteiger partial charge is 0.300 e. The predicted molar refractivity (Wildman–Crippen MR) is 83.0 cm³/mol. The summed E-state index contributed by atoms with van der Waals surface area (Å²) in [5.74, 6) is 0.0822. The number of nitrogens with zero attached hydrogens (tertiary/aromatic N) is 4. The highest BCUT2D eigenvalue weighted by molar-refractivity contribution is 7.09. The van der Waals surface area contributed by atoms with Crippen molar-refractivity contribution in [2.45, 2.75) is 0 Å². The van der Waals surface area contributed by atoms with Crippen LogP contribution in [-0.4, -0.2) is 44.6 Å². The van der Waals surface area contributed by atoms with Crippen molar-refractivity contribution in [3.63, 3.8) is 0 Å². The number of amides is 1. The maximum atomic E-state index is 12.6. The molecule has 0 unspecified atom stereocenters. The average molecular weight is 332 g/mol. The first-order valence-corrected chi connectivity index (χ1v) is 7.30. The fourth-order valence-corrected chi connectivity index (χ4v) is 2.68. The number of hydrogen-bond donors (Lipinski definition) is 2. The van der Waals surface area contributed by atoms with Crippen LogP contribution in [0.25, 0.3) is 16.3 Å². The second-order valence-electron chi connectivity index (χ2n) is 4.40. The Bertz CT molecular complexity index is 912. The number of methoxy groups -OCH3 is 1. The number of H-pyrrole nitrogens is 1. The van der Waals surface area contributed by atoms with E-state index in [0.29, 0.717) is 16.3 Å². The number of para-hydroxylation sites is 2. The number of hydrogen-bond acceptors (Lipinski definition) is 7. The summed E-state index contributed by atoms with van der Waals surface area (Å²) >= 11 is 0.930. The molecule has 10 heteroatoms. The zero-order valence-corrected chi connectivity index (χ0v) is 13.0. The molecule has 23 heavy (non-hydrogen) atoms. The summed E-state index contributed by atoms with van der Waals surface area (Å²) in [4.78, 5) is 24.7. The van der Waals surface area contributed by atoms with Gasteiger partial charge in [-0.2, -0.15) is 9.78 Å². The Hall–Kier alpha value is -3.01. The normalized spacial score (nSPS) is 10.5.